The average molecular weight is 339 g/mol. The summed E-state index contributed by atoms with van der Waals surface area (Å²) in [4.78, 5) is 16.4. The summed E-state index contributed by atoms with van der Waals surface area (Å²) in [6, 6.07) is 12.7. The van der Waals surface area contributed by atoms with Gasteiger partial charge in [0.15, 0.2) is 0 Å². The summed E-state index contributed by atoms with van der Waals surface area (Å²) >= 11 is 0. The van der Waals surface area contributed by atoms with E-state index in [0.29, 0.717) is 0 Å². The molecule has 0 aliphatic carbocycles. The second-order valence-corrected chi connectivity index (χ2v) is 6.56. The number of morpholine rings is 1. The molecule has 2 aliphatic rings. The predicted molar refractivity (Wildman–Crippen MR) is 99.0 cm³/mol. The van der Waals surface area contributed by atoms with Crippen molar-refractivity contribution in [3.05, 3.63) is 48.2 Å². The summed E-state index contributed by atoms with van der Waals surface area (Å²) in [5, 5.41) is 0. The standard InChI is InChI=1S/C19H25N5O/c1-2-4-17(5-3-1)16-22-8-10-24(11-9-22)19-20-7-6-18(21-19)23-12-14-25-15-13-23/h1-7H,8-16H2. The van der Waals surface area contributed by atoms with E-state index in [1.54, 1.807) is 0 Å². The normalized spacial score (nSPS) is 19.2. The van der Waals surface area contributed by atoms with Crippen LogP contribution < -0.4 is 9.80 Å². The molecule has 0 spiro atoms. The highest BCUT2D eigenvalue weighted by atomic mass is 16.5. The van der Waals surface area contributed by atoms with Crippen molar-refractivity contribution in [3.63, 3.8) is 0 Å². The Morgan fingerprint density at radius 3 is 2.36 bits per heavy atom. The lowest BCUT2D eigenvalue weighted by molar-refractivity contribution is 0.122. The van der Waals surface area contributed by atoms with Crippen molar-refractivity contribution in [2.75, 3.05) is 62.3 Å². The van der Waals surface area contributed by atoms with Gasteiger partial charge in [-0.2, -0.15) is 4.98 Å². The molecule has 1 aromatic carbocycles. The number of aromatic nitrogens is 2. The van der Waals surface area contributed by atoms with Gasteiger partial charge in [0.2, 0.25) is 5.95 Å². The quantitative estimate of drug-likeness (QED) is 0.844. The topological polar surface area (TPSA) is 44.7 Å². The minimum atomic E-state index is 0.775. The molecule has 2 fully saturated rings. The van der Waals surface area contributed by atoms with Gasteiger partial charge in [-0.1, -0.05) is 30.3 Å². The number of hydrogen-bond acceptors (Lipinski definition) is 6. The van der Waals surface area contributed by atoms with Crippen LogP contribution in [0.2, 0.25) is 0 Å². The first-order valence-electron chi connectivity index (χ1n) is 9.05. The lowest BCUT2D eigenvalue weighted by atomic mass is 10.2. The summed E-state index contributed by atoms with van der Waals surface area (Å²) in [6.45, 7) is 8.40. The maximum Gasteiger partial charge on any atom is 0.227 e. The molecule has 0 amide bonds. The Balaban J connectivity index is 1.36. The SMILES string of the molecule is c1ccc(CN2CCN(c3nccc(N4CCOCC4)n3)CC2)cc1. The molecule has 0 radical (unpaired) electrons. The van der Waals surface area contributed by atoms with Crippen molar-refractivity contribution in [3.8, 4) is 0 Å². The smallest absolute Gasteiger partial charge is 0.227 e. The van der Waals surface area contributed by atoms with Crippen molar-refractivity contribution in [2.24, 2.45) is 0 Å². The van der Waals surface area contributed by atoms with Gasteiger partial charge in [0.1, 0.15) is 5.82 Å². The Kier molecular flexibility index (Phi) is 5.09. The largest absolute Gasteiger partial charge is 0.378 e. The monoisotopic (exact) mass is 339 g/mol. The molecule has 3 heterocycles. The van der Waals surface area contributed by atoms with Gasteiger partial charge in [-0.15, -0.1) is 0 Å². The molecule has 2 aromatic rings. The minimum absolute atomic E-state index is 0.775. The molecular formula is C19H25N5O. The van der Waals surface area contributed by atoms with Crippen LogP contribution in [-0.4, -0.2) is 67.4 Å². The van der Waals surface area contributed by atoms with Crippen LogP contribution in [0, 0.1) is 0 Å². The molecule has 0 N–H and O–H groups in total. The van der Waals surface area contributed by atoms with Crippen LogP contribution in [0.5, 0.6) is 0 Å². The van der Waals surface area contributed by atoms with Gasteiger partial charge < -0.3 is 14.5 Å². The average Bonchev–Trinajstić information content (AvgIpc) is 2.70. The Hall–Kier alpha value is -2.18. The Labute approximate surface area is 149 Å². The second kappa shape index (κ2) is 7.80. The lowest BCUT2D eigenvalue weighted by Gasteiger charge is -2.35. The molecule has 2 aliphatic heterocycles. The summed E-state index contributed by atoms with van der Waals surface area (Å²) in [5.41, 5.74) is 1.38. The van der Waals surface area contributed by atoms with E-state index in [9.17, 15) is 0 Å². The molecule has 132 valence electrons. The van der Waals surface area contributed by atoms with E-state index >= 15 is 0 Å². The second-order valence-electron chi connectivity index (χ2n) is 6.56. The first-order valence-corrected chi connectivity index (χ1v) is 9.05. The molecule has 4 rings (SSSR count). The minimum Gasteiger partial charge on any atom is -0.378 e. The van der Waals surface area contributed by atoms with Crippen LogP contribution in [0.3, 0.4) is 0 Å². The fourth-order valence-electron chi connectivity index (χ4n) is 3.41. The van der Waals surface area contributed by atoms with E-state index in [1.807, 2.05) is 12.3 Å². The van der Waals surface area contributed by atoms with E-state index in [2.05, 4.69) is 50.0 Å². The first-order chi connectivity index (χ1) is 12.4. The fourth-order valence-corrected chi connectivity index (χ4v) is 3.41. The van der Waals surface area contributed by atoms with Crippen molar-refractivity contribution in [2.45, 2.75) is 6.54 Å². The Morgan fingerprint density at radius 1 is 0.840 bits per heavy atom. The predicted octanol–water partition coefficient (Wildman–Crippen LogP) is 1.64. The van der Waals surface area contributed by atoms with E-state index in [-0.39, 0.29) is 0 Å². The van der Waals surface area contributed by atoms with Crippen LogP contribution in [0.25, 0.3) is 0 Å². The van der Waals surface area contributed by atoms with E-state index in [1.165, 1.54) is 5.56 Å². The van der Waals surface area contributed by atoms with Crippen LogP contribution >= 0.6 is 0 Å². The van der Waals surface area contributed by atoms with E-state index in [0.717, 1.165) is 70.8 Å². The number of hydrogen-bond donors (Lipinski definition) is 0. The van der Waals surface area contributed by atoms with Gasteiger partial charge in [-0.3, -0.25) is 4.90 Å². The highest BCUT2D eigenvalue weighted by Gasteiger charge is 2.20. The third-order valence-electron chi connectivity index (χ3n) is 4.87. The molecule has 0 unspecified atom stereocenters. The third kappa shape index (κ3) is 4.08. The summed E-state index contributed by atoms with van der Waals surface area (Å²) in [7, 11) is 0. The van der Waals surface area contributed by atoms with Crippen LogP contribution in [0.1, 0.15) is 5.56 Å². The van der Waals surface area contributed by atoms with Crippen molar-refractivity contribution in [1.82, 2.24) is 14.9 Å². The first kappa shape index (κ1) is 16.3. The summed E-state index contributed by atoms with van der Waals surface area (Å²) < 4.78 is 5.43. The zero-order chi connectivity index (χ0) is 16.9. The third-order valence-corrected chi connectivity index (χ3v) is 4.87. The number of ether oxygens (including phenoxy) is 1. The maximum atomic E-state index is 5.43. The highest BCUT2D eigenvalue weighted by molar-refractivity contribution is 5.44. The van der Waals surface area contributed by atoms with Crippen molar-refractivity contribution in [1.29, 1.82) is 0 Å². The van der Waals surface area contributed by atoms with Crippen LogP contribution in [0.15, 0.2) is 42.6 Å². The summed E-state index contributed by atoms with van der Waals surface area (Å²) in [5.74, 6) is 1.86. The zero-order valence-electron chi connectivity index (χ0n) is 14.5. The van der Waals surface area contributed by atoms with Crippen LogP contribution in [-0.2, 0) is 11.3 Å². The highest BCUT2D eigenvalue weighted by Crippen LogP contribution is 2.18. The molecular weight excluding hydrogens is 314 g/mol. The lowest BCUT2D eigenvalue weighted by Crippen LogP contribution is -2.46. The van der Waals surface area contributed by atoms with Crippen molar-refractivity contribution >= 4 is 11.8 Å². The molecule has 0 bridgehead atoms. The van der Waals surface area contributed by atoms with Gasteiger partial charge in [0.05, 0.1) is 13.2 Å². The van der Waals surface area contributed by atoms with Crippen molar-refractivity contribution < 1.29 is 4.74 Å². The molecule has 2 saturated heterocycles. The Morgan fingerprint density at radius 2 is 1.60 bits per heavy atom. The molecule has 1 aromatic heterocycles. The van der Waals surface area contributed by atoms with Gasteiger partial charge in [0.25, 0.3) is 0 Å². The number of anilines is 2. The van der Waals surface area contributed by atoms with Gasteiger partial charge in [0, 0.05) is 52.0 Å². The number of piperazine rings is 1. The number of rotatable bonds is 4. The molecule has 6 nitrogen and oxygen atoms in total. The maximum absolute atomic E-state index is 5.43. The molecule has 25 heavy (non-hydrogen) atoms. The van der Waals surface area contributed by atoms with Gasteiger partial charge >= 0.3 is 0 Å². The van der Waals surface area contributed by atoms with Gasteiger partial charge in [-0.25, -0.2) is 4.98 Å². The van der Waals surface area contributed by atoms with Crippen LogP contribution in [0.4, 0.5) is 11.8 Å². The van der Waals surface area contributed by atoms with E-state index in [4.69, 9.17) is 9.72 Å². The fraction of sp³-hybridized carbons (Fsp3) is 0.474. The summed E-state index contributed by atoms with van der Waals surface area (Å²) in [6.07, 6.45) is 1.88. The molecule has 0 atom stereocenters. The zero-order valence-corrected chi connectivity index (χ0v) is 14.5. The molecule has 6 heteroatoms. The van der Waals surface area contributed by atoms with Gasteiger partial charge in [-0.05, 0) is 11.6 Å². The Bertz CT molecular complexity index is 667. The number of nitrogens with zero attached hydrogens (tertiary/aromatic N) is 5. The van der Waals surface area contributed by atoms with E-state index < -0.39 is 0 Å². The molecule has 0 saturated carbocycles. The number of benzene rings is 1.